The molecular formula is C31H26Br2N2O5. The maximum Gasteiger partial charge on any atom is 0.316 e. The van der Waals surface area contributed by atoms with E-state index in [4.69, 9.17) is 4.74 Å². The lowest BCUT2D eigenvalue weighted by Crippen LogP contribution is -2.37. The number of fused-ring (bicyclic) bond motifs is 6. The Hall–Kier alpha value is -3.04. The maximum absolute atomic E-state index is 13.4. The van der Waals surface area contributed by atoms with Crippen LogP contribution in [0.25, 0.3) is 10.8 Å². The van der Waals surface area contributed by atoms with Crippen LogP contribution in [0.5, 0.6) is 5.75 Å². The molecule has 0 radical (unpaired) electrons. The van der Waals surface area contributed by atoms with Gasteiger partial charge in [-0.3, -0.25) is 19.2 Å². The summed E-state index contributed by atoms with van der Waals surface area (Å²) in [7, 11) is 0. The molecule has 3 aromatic carbocycles. The van der Waals surface area contributed by atoms with Crippen LogP contribution in [0.3, 0.4) is 0 Å². The molecule has 0 unspecified atom stereocenters. The van der Waals surface area contributed by atoms with E-state index in [0.29, 0.717) is 17.0 Å². The molecule has 2 heterocycles. The van der Waals surface area contributed by atoms with Crippen molar-refractivity contribution in [2.75, 3.05) is 16.3 Å². The zero-order valence-electron chi connectivity index (χ0n) is 21.6. The molecule has 2 aliphatic carbocycles. The summed E-state index contributed by atoms with van der Waals surface area (Å²) in [5.74, 6) is -1.46. The Bertz CT molecular complexity index is 1570. The molecule has 9 heteroatoms. The fourth-order valence-corrected chi connectivity index (χ4v) is 9.14. The average molecular weight is 666 g/mol. The fourth-order valence-electron chi connectivity index (χ4n) is 7.27. The van der Waals surface area contributed by atoms with Crippen molar-refractivity contribution < 1.29 is 23.9 Å². The molecule has 204 valence electrons. The van der Waals surface area contributed by atoms with Crippen molar-refractivity contribution in [3.05, 3.63) is 66.2 Å². The van der Waals surface area contributed by atoms with Crippen molar-refractivity contribution >= 4 is 77.7 Å². The number of rotatable bonds is 4. The van der Waals surface area contributed by atoms with Gasteiger partial charge in [0.2, 0.25) is 17.7 Å². The highest BCUT2D eigenvalue weighted by Gasteiger charge is 2.66. The maximum atomic E-state index is 13.4. The van der Waals surface area contributed by atoms with Gasteiger partial charge in [0.05, 0.1) is 29.1 Å². The number of nitrogens with zero attached hydrogens (tertiary/aromatic N) is 2. The molecule has 4 fully saturated rings. The SMILES string of the molecule is Cc1cc(OC(=O)[C@@H]2CC(=O)N(c3cccc4ccccc34)C2)ccc1N1C(=O)[C@@H]2[C@H]3C[C@@H]([C@@H](Br)[C@H]3Br)[C@H]2C1=O. The predicted molar refractivity (Wildman–Crippen MR) is 158 cm³/mol. The summed E-state index contributed by atoms with van der Waals surface area (Å²) in [6.45, 7) is 2.05. The van der Waals surface area contributed by atoms with Gasteiger partial charge in [-0.05, 0) is 60.4 Å². The minimum absolute atomic E-state index is 0.0736. The van der Waals surface area contributed by atoms with E-state index in [1.54, 1.807) is 30.0 Å². The lowest BCUT2D eigenvalue weighted by Gasteiger charge is -2.28. The number of hydrogen-bond donors (Lipinski definition) is 0. The van der Waals surface area contributed by atoms with Crippen molar-refractivity contribution in [2.45, 2.75) is 29.4 Å². The topological polar surface area (TPSA) is 84.0 Å². The molecule has 0 aromatic heterocycles. The van der Waals surface area contributed by atoms with Crippen LogP contribution >= 0.6 is 31.9 Å². The number of halogens is 2. The molecule has 7 rings (SSSR count). The second-order valence-corrected chi connectivity index (χ2v) is 13.4. The van der Waals surface area contributed by atoms with Gasteiger partial charge in [0.25, 0.3) is 0 Å². The number of hydrogen-bond acceptors (Lipinski definition) is 5. The van der Waals surface area contributed by atoms with Crippen LogP contribution in [0, 0.1) is 36.5 Å². The number of imide groups is 1. The Morgan fingerprint density at radius 3 is 2.25 bits per heavy atom. The third kappa shape index (κ3) is 3.80. The monoisotopic (exact) mass is 664 g/mol. The third-order valence-corrected chi connectivity index (χ3v) is 12.3. The molecule has 2 saturated heterocycles. The number of esters is 1. The van der Waals surface area contributed by atoms with Crippen LogP contribution in [0.1, 0.15) is 18.4 Å². The number of alkyl halides is 2. The Kier molecular flexibility index (Phi) is 6.16. The molecule has 4 aliphatic rings. The van der Waals surface area contributed by atoms with Crippen LogP contribution in [0.4, 0.5) is 11.4 Å². The Morgan fingerprint density at radius 2 is 1.55 bits per heavy atom. The number of carbonyl (C=O) groups is 4. The highest BCUT2D eigenvalue weighted by atomic mass is 79.9. The van der Waals surface area contributed by atoms with Gasteiger partial charge in [-0.2, -0.15) is 0 Å². The largest absolute Gasteiger partial charge is 0.426 e. The Balaban J connectivity index is 1.07. The molecule has 2 saturated carbocycles. The third-order valence-electron chi connectivity index (χ3n) is 9.13. The number of amides is 3. The predicted octanol–water partition coefficient (Wildman–Crippen LogP) is 5.39. The molecule has 2 bridgehead atoms. The first-order valence-corrected chi connectivity index (χ1v) is 15.3. The summed E-state index contributed by atoms with van der Waals surface area (Å²) in [6, 6.07) is 18.6. The number of benzene rings is 3. The van der Waals surface area contributed by atoms with Gasteiger partial charge in [-0.15, -0.1) is 0 Å². The minimum Gasteiger partial charge on any atom is -0.426 e. The molecule has 3 amide bonds. The van der Waals surface area contributed by atoms with E-state index in [1.165, 1.54) is 4.90 Å². The molecule has 40 heavy (non-hydrogen) atoms. The molecule has 7 nitrogen and oxygen atoms in total. The van der Waals surface area contributed by atoms with Crippen molar-refractivity contribution in [3.8, 4) is 5.75 Å². The first-order chi connectivity index (χ1) is 19.2. The number of carbonyl (C=O) groups excluding carboxylic acids is 4. The zero-order chi connectivity index (χ0) is 27.9. The summed E-state index contributed by atoms with van der Waals surface area (Å²) in [5.41, 5.74) is 1.98. The Morgan fingerprint density at radius 1 is 0.875 bits per heavy atom. The first kappa shape index (κ1) is 25.9. The van der Waals surface area contributed by atoms with Gasteiger partial charge in [-0.1, -0.05) is 68.3 Å². The summed E-state index contributed by atoms with van der Waals surface area (Å²) >= 11 is 7.45. The molecule has 7 atom stereocenters. The van der Waals surface area contributed by atoms with Crippen LogP contribution in [-0.4, -0.2) is 39.9 Å². The second kappa shape index (κ2) is 9.52. The van der Waals surface area contributed by atoms with Crippen molar-refractivity contribution in [2.24, 2.45) is 29.6 Å². The van der Waals surface area contributed by atoms with Crippen LogP contribution in [0.15, 0.2) is 60.7 Å². The van der Waals surface area contributed by atoms with E-state index in [2.05, 4.69) is 31.9 Å². The van der Waals surface area contributed by atoms with Gasteiger partial charge in [0, 0.05) is 28.0 Å². The average Bonchev–Trinajstić information content (AvgIpc) is 3.67. The van der Waals surface area contributed by atoms with Crippen LogP contribution < -0.4 is 14.5 Å². The van der Waals surface area contributed by atoms with Gasteiger partial charge in [0.1, 0.15) is 5.75 Å². The molecule has 3 aromatic rings. The molecular weight excluding hydrogens is 640 g/mol. The van der Waals surface area contributed by atoms with Gasteiger partial charge < -0.3 is 9.64 Å². The summed E-state index contributed by atoms with van der Waals surface area (Å²) in [4.78, 5) is 56.2. The number of ether oxygens (including phenoxy) is 1. The van der Waals surface area contributed by atoms with E-state index in [1.807, 2.05) is 42.5 Å². The van der Waals surface area contributed by atoms with E-state index >= 15 is 0 Å². The van der Waals surface area contributed by atoms with Gasteiger partial charge in [-0.25, -0.2) is 4.90 Å². The smallest absolute Gasteiger partial charge is 0.316 e. The van der Waals surface area contributed by atoms with Crippen LogP contribution in [0.2, 0.25) is 0 Å². The Labute approximate surface area is 248 Å². The standard InChI is InChI=1S/C31H26Br2N2O5/c1-15-11-18(9-10-22(15)35-29(37)25-20-13-21(26(25)30(35)38)28(33)27(20)32)40-31(39)17-12-24(36)34(14-17)23-8-4-6-16-5-2-3-7-19(16)23/h2-11,17,20-21,25-28H,12-14H2,1H3/t17-,20-,21-,25-,26-,27-,28+/m1/s1. The van der Waals surface area contributed by atoms with E-state index < -0.39 is 11.9 Å². The first-order valence-electron chi connectivity index (χ1n) is 13.5. The highest BCUT2D eigenvalue weighted by Crippen LogP contribution is 2.60. The number of anilines is 2. The highest BCUT2D eigenvalue weighted by molar-refractivity contribution is 9.12. The van der Waals surface area contributed by atoms with Gasteiger partial charge in [0.15, 0.2) is 0 Å². The summed E-state index contributed by atoms with van der Waals surface area (Å²) in [6.07, 6.45) is 0.950. The fraction of sp³-hybridized carbons (Fsp3) is 0.355. The summed E-state index contributed by atoms with van der Waals surface area (Å²) < 4.78 is 5.70. The lowest BCUT2D eigenvalue weighted by atomic mass is 9.81. The van der Waals surface area contributed by atoms with Crippen molar-refractivity contribution in [3.63, 3.8) is 0 Å². The van der Waals surface area contributed by atoms with E-state index in [-0.39, 0.29) is 64.0 Å². The quantitative estimate of drug-likeness (QED) is 0.162. The van der Waals surface area contributed by atoms with Gasteiger partial charge >= 0.3 is 5.97 Å². The lowest BCUT2D eigenvalue weighted by molar-refractivity contribution is -0.139. The van der Waals surface area contributed by atoms with Crippen molar-refractivity contribution in [1.82, 2.24) is 0 Å². The molecule has 0 N–H and O–H groups in total. The minimum atomic E-state index is -0.600. The van der Waals surface area contributed by atoms with Crippen LogP contribution in [-0.2, 0) is 19.2 Å². The molecule has 0 spiro atoms. The number of aryl methyl sites for hydroxylation is 1. The normalized spacial score (nSPS) is 31.0. The summed E-state index contributed by atoms with van der Waals surface area (Å²) in [5, 5.41) is 1.99. The van der Waals surface area contributed by atoms with E-state index in [9.17, 15) is 19.2 Å². The molecule has 2 aliphatic heterocycles. The van der Waals surface area contributed by atoms with E-state index in [0.717, 1.165) is 22.9 Å². The van der Waals surface area contributed by atoms with Crippen molar-refractivity contribution in [1.29, 1.82) is 0 Å². The zero-order valence-corrected chi connectivity index (χ0v) is 24.8. The second-order valence-electron chi connectivity index (χ2n) is 11.3.